The van der Waals surface area contributed by atoms with Gasteiger partial charge in [-0.25, -0.2) is 0 Å². The number of hydrogen-bond donors (Lipinski definition) is 0. The van der Waals surface area contributed by atoms with Gasteiger partial charge in [-0.2, -0.15) is 0 Å². The van der Waals surface area contributed by atoms with E-state index in [4.69, 9.17) is 0 Å². The Labute approximate surface area is 84.0 Å². The van der Waals surface area contributed by atoms with Crippen molar-refractivity contribution < 1.29 is 0 Å². The summed E-state index contributed by atoms with van der Waals surface area (Å²) in [7, 11) is 3.62. The van der Waals surface area contributed by atoms with Crippen LogP contribution in [0.5, 0.6) is 0 Å². The molecule has 0 aromatic heterocycles. The lowest BCUT2D eigenvalue weighted by molar-refractivity contribution is 0.630. The van der Waals surface area contributed by atoms with Crippen LogP contribution in [0.2, 0.25) is 0 Å². The lowest BCUT2D eigenvalue weighted by atomic mass is 9.88. The molecule has 0 heterocycles. The number of rotatable bonds is 4. The van der Waals surface area contributed by atoms with Gasteiger partial charge in [0.05, 0.1) is 5.69 Å². The van der Waals surface area contributed by atoms with E-state index in [1.165, 1.54) is 0 Å². The molecule has 0 radical (unpaired) electrons. The van der Waals surface area contributed by atoms with E-state index in [1.807, 2.05) is 27.9 Å². The summed E-state index contributed by atoms with van der Waals surface area (Å²) in [6.07, 6.45) is 1.84. The van der Waals surface area contributed by atoms with Gasteiger partial charge < -0.3 is 4.90 Å². The molecule has 0 atom stereocenters. The van der Waals surface area contributed by atoms with E-state index in [0.717, 1.165) is 18.4 Å². The third kappa shape index (κ3) is 1.47. The molecule has 0 spiro atoms. The largest absolute Gasteiger partial charge is 0.374 e. The minimum atomic E-state index is -0.322. The van der Waals surface area contributed by atoms with Crippen molar-refractivity contribution in [2.45, 2.75) is 32.6 Å². The van der Waals surface area contributed by atoms with Gasteiger partial charge in [0.2, 0.25) is 10.9 Å². The fourth-order valence-electron chi connectivity index (χ4n) is 1.92. The summed E-state index contributed by atoms with van der Waals surface area (Å²) in [6, 6.07) is 0. The van der Waals surface area contributed by atoms with Gasteiger partial charge in [-0.3, -0.25) is 9.59 Å². The third-order valence-electron chi connectivity index (χ3n) is 2.76. The van der Waals surface area contributed by atoms with Crippen molar-refractivity contribution in [2.75, 3.05) is 19.0 Å². The monoisotopic (exact) mass is 195 g/mol. The summed E-state index contributed by atoms with van der Waals surface area (Å²) in [6.45, 7) is 4.09. The van der Waals surface area contributed by atoms with E-state index >= 15 is 0 Å². The molecule has 3 heteroatoms. The van der Waals surface area contributed by atoms with E-state index in [-0.39, 0.29) is 16.8 Å². The van der Waals surface area contributed by atoms with Gasteiger partial charge in [-0.15, -0.1) is 0 Å². The molecule has 0 bridgehead atoms. The van der Waals surface area contributed by atoms with Crippen molar-refractivity contribution in [1.29, 1.82) is 0 Å². The molecule has 1 aromatic carbocycles. The lowest BCUT2D eigenvalue weighted by Crippen LogP contribution is -2.42. The van der Waals surface area contributed by atoms with Crippen LogP contribution in [-0.4, -0.2) is 14.1 Å². The summed E-state index contributed by atoms with van der Waals surface area (Å²) in [5, 5.41) is 0. The number of anilines is 1. The first kappa shape index (κ1) is 11.0. The number of hydrogen-bond acceptors (Lipinski definition) is 3. The zero-order chi connectivity index (χ0) is 10.9. The van der Waals surface area contributed by atoms with Crippen LogP contribution < -0.4 is 15.8 Å². The van der Waals surface area contributed by atoms with Crippen LogP contribution in [0.1, 0.15) is 38.2 Å². The average molecular weight is 195 g/mol. The SMILES string of the molecule is CCC(CC)c1c(N(C)C)c(=O)c1=O. The Hall–Kier alpha value is -1.12. The van der Waals surface area contributed by atoms with Crippen molar-refractivity contribution in [3.05, 3.63) is 26.0 Å². The van der Waals surface area contributed by atoms with Gasteiger partial charge >= 0.3 is 0 Å². The van der Waals surface area contributed by atoms with Crippen molar-refractivity contribution in [2.24, 2.45) is 0 Å². The average Bonchev–Trinajstić information content (AvgIpc) is 2.16. The van der Waals surface area contributed by atoms with E-state index in [0.29, 0.717) is 5.69 Å². The summed E-state index contributed by atoms with van der Waals surface area (Å²) in [5.41, 5.74) is 0.757. The number of nitrogens with zero attached hydrogens (tertiary/aromatic N) is 1. The smallest absolute Gasteiger partial charge is 0.249 e. The van der Waals surface area contributed by atoms with Gasteiger partial charge in [0.15, 0.2) is 0 Å². The topological polar surface area (TPSA) is 37.4 Å². The minimum absolute atomic E-state index is 0.248. The first-order chi connectivity index (χ1) is 6.54. The lowest BCUT2D eigenvalue weighted by Gasteiger charge is -2.23. The van der Waals surface area contributed by atoms with Crippen LogP contribution in [0, 0.1) is 0 Å². The van der Waals surface area contributed by atoms with Crippen LogP contribution in [0.3, 0.4) is 0 Å². The van der Waals surface area contributed by atoms with Crippen LogP contribution in [0.25, 0.3) is 0 Å². The highest BCUT2D eigenvalue weighted by molar-refractivity contribution is 5.59. The van der Waals surface area contributed by atoms with Crippen molar-refractivity contribution >= 4 is 5.69 Å². The fourth-order valence-corrected chi connectivity index (χ4v) is 1.92. The van der Waals surface area contributed by atoms with Gasteiger partial charge in [0.25, 0.3) is 0 Å². The molecule has 0 aliphatic heterocycles. The van der Waals surface area contributed by atoms with Gasteiger partial charge in [-0.1, -0.05) is 13.8 Å². The maximum Gasteiger partial charge on any atom is 0.249 e. The van der Waals surface area contributed by atoms with Crippen LogP contribution in [0.15, 0.2) is 9.59 Å². The molecule has 1 aromatic rings. The first-order valence-corrected chi connectivity index (χ1v) is 5.05. The Morgan fingerprint density at radius 1 is 1.07 bits per heavy atom. The molecule has 0 amide bonds. The molecule has 3 nitrogen and oxygen atoms in total. The summed E-state index contributed by atoms with van der Waals surface area (Å²) in [4.78, 5) is 24.4. The Balaban J connectivity index is 3.16. The van der Waals surface area contributed by atoms with Gasteiger partial charge in [0.1, 0.15) is 0 Å². The zero-order valence-electron chi connectivity index (χ0n) is 9.26. The molecular weight excluding hydrogens is 178 g/mol. The maximum absolute atomic E-state index is 11.4. The molecule has 1 rings (SSSR count). The van der Waals surface area contributed by atoms with Crippen LogP contribution >= 0.6 is 0 Å². The Kier molecular flexibility index (Phi) is 3.09. The molecular formula is C11H17NO2. The molecule has 0 unspecified atom stereocenters. The zero-order valence-corrected chi connectivity index (χ0v) is 9.26. The van der Waals surface area contributed by atoms with Crippen LogP contribution in [-0.2, 0) is 0 Å². The molecule has 0 N–H and O–H groups in total. The minimum Gasteiger partial charge on any atom is -0.374 e. The van der Waals surface area contributed by atoms with Crippen molar-refractivity contribution in [1.82, 2.24) is 0 Å². The molecule has 0 fully saturated rings. The van der Waals surface area contributed by atoms with Crippen molar-refractivity contribution in [3.8, 4) is 0 Å². The Morgan fingerprint density at radius 3 is 1.93 bits per heavy atom. The second-order valence-electron chi connectivity index (χ2n) is 3.83. The summed E-state index contributed by atoms with van der Waals surface area (Å²) in [5.74, 6) is 0.248. The molecule has 14 heavy (non-hydrogen) atoms. The second kappa shape index (κ2) is 3.95. The van der Waals surface area contributed by atoms with E-state index in [2.05, 4.69) is 0 Å². The third-order valence-corrected chi connectivity index (χ3v) is 2.76. The second-order valence-corrected chi connectivity index (χ2v) is 3.83. The highest BCUT2D eigenvalue weighted by Crippen LogP contribution is 2.27. The Bertz CT molecular complexity index is 382. The highest BCUT2D eigenvalue weighted by Gasteiger charge is 2.26. The predicted molar refractivity (Wildman–Crippen MR) is 59.0 cm³/mol. The molecule has 78 valence electrons. The standard InChI is InChI=1S/C11H17NO2/c1-5-7(6-2)8-9(12(3)4)11(14)10(8)13/h7H,5-6H2,1-4H3. The quantitative estimate of drug-likeness (QED) is 0.679. The van der Waals surface area contributed by atoms with Crippen LogP contribution in [0.4, 0.5) is 5.69 Å². The van der Waals surface area contributed by atoms with Gasteiger partial charge in [0, 0.05) is 19.7 Å². The maximum atomic E-state index is 11.4. The van der Waals surface area contributed by atoms with E-state index < -0.39 is 0 Å². The Morgan fingerprint density at radius 2 is 1.57 bits per heavy atom. The van der Waals surface area contributed by atoms with E-state index in [9.17, 15) is 9.59 Å². The highest BCUT2D eigenvalue weighted by atomic mass is 16.2. The predicted octanol–water partition coefficient (Wildman–Crippen LogP) is 1.25. The van der Waals surface area contributed by atoms with Crippen molar-refractivity contribution in [3.63, 3.8) is 0 Å². The van der Waals surface area contributed by atoms with Gasteiger partial charge in [-0.05, 0) is 18.8 Å². The summed E-state index contributed by atoms with van der Waals surface area (Å²) < 4.78 is 0. The fraction of sp³-hybridized carbons (Fsp3) is 0.636. The normalized spacial score (nSPS) is 11.2. The molecule has 0 aliphatic carbocycles. The molecule has 0 saturated heterocycles. The van der Waals surface area contributed by atoms with E-state index in [1.54, 1.807) is 4.90 Å². The molecule has 0 aliphatic rings. The first-order valence-electron chi connectivity index (χ1n) is 5.05. The molecule has 0 saturated carbocycles. The summed E-state index contributed by atoms with van der Waals surface area (Å²) >= 11 is 0.